The lowest BCUT2D eigenvalue weighted by molar-refractivity contribution is -0.422. The second-order valence-corrected chi connectivity index (χ2v) is 9.44. The second kappa shape index (κ2) is 15.3. The maximum atomic E-state index is 13.0. The zero-order chi connectivity index (χ0) is 36.6. The summed E-state index contributed by atoms with van der Waals surface area (Å²) in [6, 6.07) is 14.2. The van der Waals surface area contributed by atoms with Crippen molar-refractivity contribution in [2.45, 2.75) is 50.1 Å². The van der Waals surface area contributed by atoms with Crippen molar-refractivity contribution >= 4 is 17.9 Å². The molecule has 0 unspecified atom stereocenters. The summed E-state index contributed by atoms with van der Waals surface area (Å²) in [5.74, 6) is -29.4. The van der Waals surface area contributed by atoms with E-state index in [1.54, 1.807) is 38.1 Å². The van der Waals surface area contributed by atoms with Crippen LogP contribution in [0.15, 0.2) is 85.5 Å². The molecule has 0 radical (unpaired) electrons. The third-order valence-corrected chi connectivity index (χ3v) is 5.59. The van der Waals surface area contributed by atoms with E-state index < -0.39 is 60.8 Å². The average molecular weight is 691 g/mol. The Balaban J connectivity index is 0.000000471. The van der Waals surface area contributed by atoms with Gasteiger partial charge in [0.1, 0.15) is 11.5 Å². The van der Waals surface area contributed by atoms with Crippen LogP contribution in [0.2, 0.25) is 0 Å². The molecule has 0 aliphatic heterocycles. The molecule has 2 aromatic rings. The Bertz CT molecular complexity index is 1390. The number of carbonyl (C=O) groups is 3. The Hall–Kier alpha value is -4.70. The molecule has 0 spiro atoms. The summed E-state index contributed by atoms with van der Waals surface area (Å²) in [5.41, 5.74) is 2.59. The lowest BCUT2D eigenvalue weighted by Gasteiger charge is -2.37. The van der Waals surface area contributed by atoms with Crippen LogP contribution < -0.4 is 9.47 Å². The smallest absolute Gasteiger partial charge is 0.460 e. The Labute approximate surface area is 260 Å². The molecule has 0 saturated carbocycles. The summed E-state index contributed by atoms with van der Waals surface area (Å²) in [5, 5.41) is 0. The lowest BCUT2D eigenvalue weighted by atomic mass is 9.96. The highest BCUT2D eigenvalue weighted by Crippen LogP contribution is 2.57. The van der Waals surface area contributed by atoms with E-state index in [0.29, 0.717) is 28.7 Å². The Morgan fingerprint density at radius 1 is 0.638 bits per heavy atom. The minimum absolute atomic E-state index is 0.346. The fraction of sp³-hybridized carbons (Fsp3) is 0.300. The summed E-state index contributed by atoms with van der Waals surface area (Å²) in [6.45, 7) is 11.4. The van der Waals surface area contributed by atoms with Crippen LogP contribution in [0.25, 0.3) is 11.1 Å². The first kappa shape index (κ1) is 40.3. The molecule has 2 aromatic carbocycles. The number of hydrogen-bond acceptors (Lipinski definition) is 6. The molecule has 0 amide bonds. The van der Waals surface area contributed by atoms with Gasteiger partial charge in [0.05, 0.1) is 13.0 Å². The number of halogens is 11. The minimum atomic E-state index is -7.45. The molecule has 0 aromatic heterocycles. The average Bonchev–Trinajstić information content (AvgIpc) is 2.97. The van der Waals surface area contributed by atoms with E-state index in [-0.39, 0.29) is 0 Å². The van der Waals surface area contributed by atoms with Gasteiger partial charge in [-0.25, -0.2) is 14.4 Å². The Kier molecular flexibility index (Phi) is 13.1. The van der Waals surface area contributed by atoms with Crippen molar-refractivity contribution in [2.24, 2.45) is 0 Å². The maximum Gasteiger partial charge on any atom is 0.460 e. The topological polar surface area (TPSA) is 78.9 Å². The standard InChI is InChI=1S/C20H18O4.C10H7F11O2/c1-13(2)19(21)23-17-9-5-15(6-10-17)16-7-11-18(12-8-16)24-20(22)14(3)4;1-2-5(22)23-4-3-6(11,12)7(13,14)8(15,16)9(17,18)10(19,20)21/h5-12H,1,3H2,2,4H3;2H,1,3-4H2. The summed E-state index contributed by atoms with van der Waals surface area (Å²) >= 11 is 0. The monoisotopic (exact) mass is 690 g/mol. The van der Waals surface area contributed by atoms with E-state index in [1.165, 1.54) is 0 Å². The first-order valence-corrected chi connectivity index (χ1v) is 12.7. The van der Waals surface area contributed by atoms with Gasteiger partial charge in [-0.2, -0.15) is 48.3 Å². The first-order chi connectivity index (χ1) is 21.3. The predicted molar refractivity (Wildman–Crippen MR) is 144 cm³/mol. The van der Waals surface area contributed by atoms with Crippen LogP contribution in [0.3, 0.4) is 0 Å². The van der Waals surface area contributed by atoms with Gasteiger partial charge in [-0.05, 0) is 49.2 Å². The molecular weight excluding hydrogens is 665 g/mol. The molecule has 2 rings (SSSR count). The second-order valence-electron chi connectivity index (χ2n) is 9.44. The van der Waals surface area contributed by atoms with Crippen LogP contribution in [-0.4, -0.2) is 54.4 Å². The molecule has 258 valence electrons. The number of benzene rings is 2. The number of rotatable bonds is 12. The molecule has 0 saturated heterocycles. The summed E-state index contributed by atoms with van der Waals surface area (Å²) in [6.07, 6.45) is -9.25. The number of carbonyl (C=O) groups excluding carboxylic acids is 3. The highest BCUT2D eigenvalue weighted by Gasteiger charge is 2.86. The van der Waals surface area contributed by atoms with Gasteiger partial charge >= 0.3 is 47.8 Å². The van der Waals surface area contributed by atoms with Crippen LogP contribution in [-0.2, 0) is 19.1 Å². The summed E-state index contributed by atoms with van der Waals surface area (Å²) < 4.78 is 152. The van der Waals surface area contributed by atoms with Crippen molar-refractivity contribution in [3.05, 3.63) is 85.5 Å². The molecule has 0 bridgehead atoms. The van der Waals surface area contributed by atoms with Gasteiger partial charge in [0.2, 0.25) is 0 Å². The molecule has 47 heavy (non-hydrogen) atoms. The van der Waals surface area contributed by atoms with Gasteiger partial charge in [-0.1, -0.05) is 44.0 Å². The zero-order valence-corrected chi connectivity index (χ0v) is 24.3. The number of hydrogen-bond donors (Lipinski definition) is 0. The van der Waals surface area contributed by atoms with Gasteiger partial charge in [-0.3, -0.25) is 0 Å². The summed E-state index contributed by atoms with van der Waals surface area (Å²) in [7, 11) is 0. The molecule has 6 nitrogen and oxygen atoms in total. The molecule has 0 fully saturated rings. The van der Waals surface area contributed by atoms with Crippen molar-refractivity contribution in [3.63, 3.8) is 0 Å². The normalized spacial score (nSPS) is 12.2. The predicted octanol–water partition coefficient (Wildman–Crippen LogP) is 8.53. The molecule has 0 N–H and O–H groups in total. The largest absolute Gasteiger partial charge is 0.462 e. The fourth-order valence-corrected chi connectivity index (χ4v) is 2.92. The highest BCUT2D eigenvalue weighted by atomic mass is 19.4. The van der Waals surface area contributed by atoms with Crippen molar-refractivity contribution in [1.82, 2.24) is 0 Å². The molecular formula is C30H25F11O6. The zero-order valence-electron chi connectivity index (χ0n) is 24.3. The van der Waals surface area contributed by atoms with Gasteiger partial charge in [0, 0.05) is 17.2 Å². The Morgan fingerprint density at radius 3 is 1.30 bits per heavy atom. The van der Waals surface area contributed by atoms with Crippen LogP contribution in [0.4, 0.5) is 48.3 Å². The van der Waals surface area contributed by atoms with E-state index in [1.807, 2.05) is 24.3 Å². The van der Waals surface area contributed by atoms with E-state index >= 15 is 0 Å². The third-order valence-electron chi connectivity index (χ3n) is 5.59. The first-order valence-electron chi connectivity index (χ1n) is 12.7. The van der Waals surface area contributed by atoms with Crippen molar-refractivity contribution in [2.75, 3.05) is 6.61 Å². The van der Waals surface area contributed by atoms with Crippen molar-refractivity contribution < 1.29 is 76.9 Å². The minimum Gasteiger partial charge on any atom is -0.462 e. The highest BCUT2D eigenvalue weighted by molar-refractivity contribution is 5.89. The molecule has 0 heterocycles. The van der Waals surface area contributed by atoms with Crippen LogP contribution in [0.1, 0.15) is 20.3 Å². The molecule has 17 heteroatoms. The van der Waals surface area contributed by atoms with Gasteiger partial charge in [0.25, 0.3) is 0 Å². The lowest BCUT2D eigenvalue weighted by Crippen LogP contribution is -2.66. The van der Waals surface area contributed by atoms with E-state index in [2.05, 4.69) is 24.5 Å². The van der Waals surface area contributed by atoms with Crippen LogP contribution in [0.5, 0.6) is 11.5 Å². The maximum absolute atomic E-state index is 13.0. The van der Waals surface area contributed by atoms with E-state index in [4.69, 9.17) is 9.47 Å². The SMILES string of the molecule is C=C(C)C(=O)Oc1ccc(-c2ccc(OC(=O)C(=C)C)cc2)cc1.C=CC(=O)OCCC(F)(F)C(F)(F)C(F)(F)C(F)(F)C(F)(F)F. The number of alkyl halides is 11. The quantitative estimate of drug-likeness (QED) is 0.0962. The molecule has 0 aliphatic rings. The van der Waals surface area contributed by atoms with Crippen molar-refractivity contribution in [1.29, 1.82) is 0 Å². The van der Waals surface area contributed by atoms with Gasteiger partial charge in [0.15, 0.2) is 0 Å². The summed E-state index contributed by atoms with van der Waals surface area (Å²) in [4.78, 5) is 33.4. The van der Waals surface area contributed by atoms with Crippen molar-refractivity contribution in [3.8, 4) is 22.6 Å². The van der Waals surface area contributed by atoms with Crippen LogP contribution >= 0.6 is 0 Å². The van der Waals surface area contributed by atoms with Gasteiger partial charge in [-0.15, -0.1) is 0 Å². The van der Waals surface area contributed by atoms with Crippen LogP contribution in [0, 0.1) is 0 Å². The Morgan fingerprint density at radius 2 is 1.00 bits per heavy atom. The number of ether oxygens (including phenoxy) is 3. The molecule has 0 atom stereocenters. The number of esters is 3. The van der Waals surface area contributed by atoms with E-state index in [9.17, 15) is 62.7 Å². The fourth-order valence-electron chi connectivity index (χ4n) is 2.92. The third kappa shape index (κ3) is 9.89. The van der Waals surface area contributed by atoms with E-state index in [0.717, 1.165) is 11.1 Å². The molecule has 0 aliphatic carbocycles. The van der Waals surface area contributed by atoms with Gasteiger partial charge < -0.3 is 14.2 Å².